The van der Waals surface area contributed by atoms with Gasteiger partial charge in [-0.15, -0.1) is 0 Å². The summed E-state index contributed by atoms with van der Waals surface area (Å²) in [5.74, 6) is -0.469. The van der Waals surface area contributed by atoms with Crippen molar-refractivity contribution < 1.29 is 22.7 Å². The number of nitrogens with zero attached hydrogens (tertiary/aromatic N) is 1. The Labute approximate surface area is 161 Å². The van der Waals surface area contributed by atoms with E-state index in [2.05, 4.69) is 4.72 Å². The van der Waals surface area contributed by atoms with Crippen molar-refractivity contribution in [3.63, 3.8) is 0 Å². The number of carbonyl (C=O) groups is 2. The number of nitrogens with one attached hydrogen (secondary N) is 1. The summed E-state index contributed by atoms with van der Waals surface area (Å²) in [7, 11) is -3.65. The lowest BCUT2D eigenvalue weighted by atomic mass is 9.97. The second-order valence-electron chi connectivity index (χ2n) is 6.82. The summed E-state index contributed by atoms with van der Waals surface area (Å²) in [6.45, 7) is 6.74. The van der Waals surface area contributed by atoms with Crippen molar-refractivity contribution in [1.82, 2.24) is 9.62 Å². The Hall–Kier alpha value is -1.93. The van der Waals surface area contributed by atoms with Gasteiger partial charge in [0.2, 0.25) is 15.9 Å². The molecule has 0 bridgehead atoms. The third-order valence-corrected chi connectivity index (χ3v) is 6.33. The van der Waals surface area contributed by atoms with Crippen molar-refractivity contribution in [1.29, 1.82) is 0 Å². The van der Waals surface area contributed by atoms with Crippen molar-refractivity contribution in [2.45, 2.75) is 44.9 Å². The predicted molar refractivity (Wildman–Crippen MR) is 102 cm³/mol. The maximum atomic E-state index is 12.5. The lowest BCUT2D eigenvalue weighted by Gasteiger charge is -2.31. The summed E-state index contributed by atoms with van der Waals surface area (Å²) < 4.78 is 32.4. The van der Waals surface area contributed by atoms with Crippen molar-refractivity contribution in [2.24, 2.45) is 5.92 Å². The number of sulfonamides is 1. The Morgan fingerprint density at radius 1 is 1.22 bits per heavy atom. The van der Waals surface area contributed by atoms with Crippen LogP contribution < -0.4 is 4.72 Å². The van der Waals surface area contributed by atoms with Gasteiger partial charge in [0.1, 0.15) is 0 Å². The molecule has 0 aromatic heterocycles. The van der Waals surface area contributed by atoms with Crippen LogP contribution in [0.2, 0.25) is 0 Å². The highest BCUT2D eigenvalue weighted by atomic mass is 32.2. The van der Waals surface area contributed by atoms with Crippen LogP contribution in [0.1, 0.15) is 37.3 Å². The molecule has 27 heavy (non-hydrogen) atoms. The van der Waals surface area contributed by atoms with Gasteiger partial charge in [-0.3, -0.25) is 9.59 Å². The summed E-state index contributed by atoms with van der Waals surface area (Å²) in [6, 6.07) is 5.25. The molecule has 2 rings (SSSR count). The molecule has 0 radical (unpaired) electrons. The van der Waals surface area contributed by atoms with Crippen LogP contribution in [0.5, 0.6) is 0 Å². The molecule has 7 nitrogen and oxygen atoms in total. The lowest BCUT2D eigenvalue weighted by molar-refractivity contribution is -0.151. The minimum atomic E-state index is -3.65. The molecule has 0 atom stereocenters. The highest BCUT2D eigenvalue weighted by Crippen LogP contribution is 2.20. The monoisotopic (exact) mass is 396 g/mol. The number of hydrogen-bond donors (Lipinski definition) is 1. The van der Waals surface area contributed by atoms with Crippen molar-refractivity contribution in [3.05, 3.63) is 29.3 Å². The number of aryl methyl sites for hydroxylation is 2. The Bertz CT molecular complexity index is 783. The van der Waals surface area contributed by atoms with E-state index >= 15 is 0 Å². The van der Waals surface area contributed by atoms with E-state index in [4.69, 9.17) is 4.74 Å². The number of piperidine rings is 1. The van der Waals surface area contributed by atoms with Crippen molar-refractivity contribution >= 4 is 21.9 Å². The van der Waals surface area contributed by atoms with Gasteiger partial charge in [-0.25, -0.2) is 13.1 Å². The molecular formula is C19H28N2O5S. The van der Waals surface area contributed by atoms with E-state index in [0.29, 0.717) is 38.1 Å². The molecule has 1 heterocycles. The van der Waals surface area contributed by atoms with Crippen molar-refractivity contribution in [3.8, 4) is 0 Å². The molecule has 1 aromatic rings. The van der Waals surface area contributed by atoms with Crippen LogP contribution in [0.4, 0.5) is 0 Å². The van der Waals surface area contributed by atoms with Crippen LogP contribution in [-0.4, -0.2) is 51.4 Å². The smallest absolute Gasteiger partial charge is 0.309 e. The first kappa shape index (κ1) is 21.4. The molecule has 1 aliphatic heterocycles. The molecule has 1 amide bonds. The van der Waals surface area contributed by atoms with E-state index in [-0.39, 0.29) is 35.7 Å². The minimum absolute atomic E-state index is 0.0480. The van der Waals surface area contributed by atoms with E-state index in [9.17, 15) is 18.0 Å². The molecule has 1 fully saturated rings. The molecule has 0 aliphatic carbocycles. The zero-order valence-corrected chi connectivity index (χ0v) is 17.0. The van der Waals surface area contributed by atoms with Crippen LogP contribution >= 0.6 is 0 Å². The van der Waals surface area contributed by atoms with Gasteiger partial charge < -0.3 is 9.64 Å². The van der Waals surface area contributed by atoms with Gasteiger partial charge in [0, 0.05) is 26.1 Å². The fourth-order valence-corrected chi connectivity index (χ4v) is 4.51. The number of likely N-dealkylation sites (tertiary alicyclic amines) is 1. The first-order valence-corrected chi connectivity index (χ1v) is 10.7. The van der Waals surface area contributed by atoms with E-state index in [1.54, 1.807) is 30.9 Å². The zero-order chi connectivity index (χ0) is 20.0. The van der Waals surface area contributed by atoms with E-state index < -0.39 is 10.0 Å². The highest BCUT2D eigenvalue weighted by Gasteiger charge is 2.28. The quantitative estimate of drug-likeness (QED) is 0.709. The Morgan fingerprint density at radius 3 is 2.52 bits per heavy atom. The molecule has 0 unspecified atom stereocenters. The van der Waals surface area contributed by atoms with Gasteiger partial charge in [-0.2, -0.15) is 0 Å². The Kier molecular flexibility index (Phi) is 7.38. The first-order valence-electron chi connectivity index (χ1n) is 9.26. The zero-order valence-electron chi connectivity index (χ0n) is 16.2. The normalized spacial score (nSPS) is 15.6. The van der Waals surface area contributed by atoms with Crippen molar-refractivity contribution in [2.75, 3.05) is 26.2 Å². The van der Waals surface area contributed by atoms with Crippen LogP contribution in [0.3, 0.4) is 0 Å². The molecule has 0 spiro atoms. The SMILES string of the molecule is CCOC(=O)C1CCN(C(=O)CCNS(=O)(=O)c2cc(C)ccc2C)CC1. The number of rotatable bonds is 7. The van der Waals surface area contributed by atoms with Gasteiger partial charge in [-0.05, 0) is 50.8 Å². The molecule has 150 valence electrons. The number of hydrogen-bond acceptors (Lipinski definition) is 5. The lowest BCUT2D eigenvalue weighted by Crippen LogP contribution is -2.41. The third kappa shape index (κ3) is 5.77. The van der Waals surface area contributed by atoms with Crippen LogP contribution in [0.15, 0.2) is 23.1 Å². The molecule has 0 saturated carbocycles. The van der Waals surface area contributed by atoms with Gasteiger partial charge in [0.05, 0.1) is 17.4 Å². The summed E-state index contributed by atoms with van der Waals surface area (Å²) in [4.78, 5) is 26.0. The Balaban J connectivity index is 1.83. The molecule has 1 aliphatic rings. The fraction of sp³-hybridized carbons (Fsp3) is 0.579. The maximum Gasteiger partial charge on any atom is 0.309 e. The van der Waals surface area contributed by atoms with E-state index in [1.807, 2.05) is 13.0 Å². The molecular weight excluding hydrogens is 368 g/mol. The highest BCUT2D eigenvalue weighted by molar-refractivity contribution is 7.89. The van der Waals surface area contributed by atoms with Crippen LogP contribution in [-0.2, 0) is 24.3 Å². The maximum absolute atomic E-state index is 12.5. The molecule has 1 saturated heterocycles. The number of esters is 1. The second-order valence-corrected chi connectivity index (χ2v) is 8.56. The van der Waals surface area contributed by atoms with E-state index in [1.165, 1.54) is 0 Å². The van der Waals surface area contributed by atoms with E-state index in [0.717, 1.165) is 5.56 Å². The number of carbonyl (C=O) groups excluding carboxylic acids is 2. The van der Waals surface area contributed by atoms with Crippen LogP contribution in [0, 0.1) is 19.8 Å². The first-order chi connectivity index (χ1) is 12.7. The molecule has 1 aromatic carbocycles. The topological polar surface area (TPSA) is 92.8 Å². The standard InChI is InChI=1S/C19H28N2O5S/c1-4-26-19(23)16-8-11-21(12-9-16)18(22)7-10-20-27(24,25)17-13-14(2)5-6-15(17)3/h5-6,13,16,20H,4,7-12H2,1-3H3. The average Bonchev–Trinajstić information content (AvgIpc) is 2.63. The predicted octanol–water partition coefficient (Wildman–Crippen LogP) is 1.77. The second kappa shape index (κ2) is 9.32. The molecule has 8 heteroatoms. The number of benzene rings is 1. The number of amides is 1. The van der Waals surface area contributed by atoms with Gasteiger partial charge in [0.15, 0.2) is 0 Å². The van der Waals surface area contributed by atoms with Gasteiger partial charge >= 0.3 is 5.97 Å². The number of ether oxygens (including phenoxy) is 1. The summed E-state index contributed by atoms with van der Waals surface area (Å²) >= 11 is 0. The van der Waals surface area contributed by atoms with Gasteiger partial charge in [0.25, 0.3) is 0 Å². The summed E-state index contributed by atoms with van der Waals surface area (Å²) in [5.41, 5.74) is 1.53. The largest absolute Gasteiger partial charge is 0.466 e. The fourth-order valence-electron chi connectivity index (χ4n) is 3.15. The summed E-state index contributed by atoms with van der Waals surface area (Å²) in [6.07, 6.45) is 1.26. The Morgan fingerprint density at radius 2 is 1.89 bits per heavy atom. The third-order valence-electron chi connectivity index (χ3n) is 4.73. The van der Waals surface area contributed by atoms with Crippen LogP contribution in [0.25, 0.3) is 0 Å². The average molecular weight is 397 g/mol. The minimum Gasteiger partial charge on any atom is -0.466 e. The molecule has 1 N–H and O–H groups in total. The summed E-state index contributed by atoms with van der Waals surface area (Å²) in [5, 5.41) is 0. The van der Waals surface area contributed by atoms with Gasteiger partial charge in [-0.1, -0.05) is 12.1 Å².